The Kier molecular flexibility index (Phi) is 4.65. The largest absolute Gasteiger partial charge is 0.389 e. The van der Waals surface area contributed by atoms with Gasteiger partial charge in [0.15, 0.2) is 5.82 Å². The quantitative estimate of drug-likeness (QED) is 0.752. The van der Waals surface area contributed by atoms with Crippen molar-refractivity contribution < 1.29 is 9.84 Å². The van der Waals surface area contributed by atoms with E-state index in [0.717, 1.165) is 24.3 Å². The number of hydrogen-bond acceptors (Lipinski definition) is 4. The molecule has 1 rings (SSSR count). The fourth-order valence-electron chi connectivity index (χ4n) is 1.31. The Labute approximate surface area is 90.3 Å². The molecule has 0 amide bonds. The molecular weight excluding hydrogens is 192 g/mol. The number of hydrogen-bond donors (Lipinski definition) is 1. The van der Waals surface area contributed by atoms with Gasteiger partial charge in [-0.05, 0) is 20.3 Å². The minimum absolute atomic E-state index is 0.439. The fraction of sp³-hybridized carbons (Fsp3) is 0.636. The van der Waals surface area contributed by atoms with Crippen molar-refractivity contribution >= 4 is 0 Å². The van der Waals surface area contributed by atoms with Crippen molar-refractivity contribution in [1.82, 2.24) is 9.97 Å². The van der Waals surface area contributed by atoms with Crippen molar-refractivity contribution in [3.05, 3.63) is 23.3 Å². The molecule has 0 aliphatic heterocycles. The van der Waals surface area contributed by atoms with Gasteiger partial charge in [-0.2, -0.15) is 0 Å². The van der Waals surface area contributed by atoms with Crippen LogP contribution in [0.1, 0.15) is 43.5 Å². The number of aryl methyl sites for hydroxylation is 1. The smallest absolute Gasteiger partial charge is 0.154 e. The molecule has 84 valence electrons. The van der Waals surface area contributed by atoms with Crippen molar-refractivity contribution in [2.75, 3.05) is 6.61 Å². The molecule has 1 atom stereocenters. The first-order valence-corrected chi connectivity index (χ1v) is 5.23. The maximum Gasteiger partial charge on any atom is 0.154 e. The van der Waals surface area contributed by atoms with Crippen LogP contribution in [0, 0.1) is 6.92 Å². The first kappa shape index (κ1) is 12.1. The molecule has 0 saturated carbocycles. The Bertz CT molecular complexity index is 313. The lowest BCUT2D eigenvalue weighted by molar-refractivity contribution is 0.115. The minimum Gasteiger partial charge on any atom is -0.389 e. The van der Waals surface area contributed by atoms with Gasteiger partial charge in [-0.25, -0.2) is 9.97 Å². The van der Waals surface area contributed by atoms with Gasteiger partial charge < -0.3 is 9.84 Å². The van der Waals surface area contributed by atoms with E-state index in [2.05, 4.69) is 16.9 Å². The third-order valence-corrected chi connectivity index (χ3v) is 2.10. The van der Waals surface area contributed by atoms with E-state index in [9.17, 15) is 5.11 Å². The lowest BCUT2D eigenvalue weighted by atomic mass is 10.1. The normalized spacial score (nSPS) is 12.8. The highest BCUT2D eigenvalue weighted by atomic mass is 16.5. The Balaban J connectivity index is 2.65. The second kappa shape index (κ2) is 5.78. The van der Waals surface area contributed by atoms with E-state index in [1.807, 2.05) is 6.92 Å². The number of aliphatic hydroxyl groups excluding tert-OH is 1. The molecule has 0 fully saturated rings. The number of nitrogens with zero attached hydrogens (tertiary/aromatic N) is 2. The van der Waals surface area contributed by atoms with Gasteiger partial charge in [0.25, 0.3) is 0 Å². The zero-order chi connectivity index (χ0) is 11.3. The van der Waals surface area contributed by atoms with Crippen molar-refractivity contribution in [3.63, 3.8) is 0 Å². The summed E-state index contributed by atoms with van der Waals surface area (Å²) in [6.07, 6.45) is 2.14. The minimum atomic E-state index is -0.518. The SMILES string of the molecule is CCCOCc1ncc(C(C)O)c(C)n1. The molecule has 0 aliphatic rings. The molecule has 15 heavy (non-hydrogen) atoms. The molecule has 1 unspecified atom stereocenters. The monoisotopic (exact) mass is 210 g/mol. The zero-order valence-corrected chi connectivity index (χ0v) is 9.53. The second-order valence-electron chi connectivity index (χ2n) is 3.56. The summed E-state index contributed by atoms with van der Waals surface area (Å²) in [4.78, 5) is 8.41. The molecule has 4 nitrogen and oxygen atoms in total. The van der Waals surface area contributed by atoms with Gasteiger partial charge in [0, 0.05) is 24.1 Å². The van der Waals surface area contributed by atoms with E-state index in [1.54, 1.807) is 13.1 Å². The van der Waals surface area contributed by atoms with Gasteiger partial charge in [0.05, 0.1) is 6.10 Å². The van der Waals surface area contributed by atoms with Crippen LogP contribution in [0.2, 0.25) is 0 Å². The fourth-order valence-corrected chi connectivity index (χ4v) is 1.31. The summed E-state index contributed by atoms with van der Waals surface area (Å²) in [6.45, 7) is 6.80. The summed E-state index contributed by atoms with van der Waals surface area (Å²) in [5.41, 5.74) is 1.59. The van der Waals surface area contributed by atoms with Gasteiger partial charge in [-0.15, -0.1) is 0 Å². The molecular formula is C11H18N2O2. The average Bonchev–Trinajstić information content (AvgIpc) is 2.17. The van der Waals surface area contributed by atoms with Gasteiger partial charge in [0.2, 0.25) is 0 Å². The van der Waals surface area contributed by atoms with Crippen LogP contribution >= 0.6 is 0 Å². The summed E-state index contributed by atoms with van der Waals surface area (Å²) in [7, 11) is 0. The zero-order valence-electron chi connectivity index (χ0n) is 9.53. The highest BCUT2D eigenvalue weighted by Gasteiger charge is 2.07. The van der Waals surface area contributed by atoms with Crippen LogP contribution in [0.3, 0.4) is 0 Å². The van der Waals surface area contributed by atoms with Crippen LogP contribution in [-0.4, -0.2) is 21.7 Å². The van der Waals surface area contributed by atoms with Crippen LogP contribution in [0.4, 0.5) is 0 Å². The predicted octanol–water partition coefficient (Wildman–Crippen LogP) is 1.76. The number of aliphatic hydroxyl groups is 1. The molecule has 1 N–H and O–H groups in total. The molecule has 0 saturated heterocycles. The number of ether oxygens (including phenoxy) is 1. The third kappa shape index (κ3) is 3.57. The van der Waals surface area contributed by atoms with Crippen LogP contribution in [-0.2, 0) is 11.3 Å². The number of aromatic nitrogens is 2. The van der Waals surface area contributed by atoms with Crippen LogP contribution in [0.15, 0.2) is 6.20 Å². The van der Waals surface area contributed by atoms with Crippen LogP contribution in [0.5, 0.6) is 0 Å². The lowest BCUT2D eigenvalue weighted by Crippen LogP contribution is -2.05. The van der Waals surface area contributed by atoms with Crippen LogP contribution in [0.25, 0.3) is 0 Å². The van der Waals surface area contributed by atoms with Crippen molar-refractivity contribution in [1.29, 1.82) is 0 Å². The van der Waals surface area contributed by atoms with Crippen molar-refractivity contribution in [2.45, 2.75) is 39.9 Å². The van der Waals surface area contributed by atoms with E-state index in [4.69, 9.17) is 4.74 Å². The van der Waals surface area contributed by atoms with Crippen molar-refractivity contribution in [3.8, 4) is 0 Å². The standard InChI is InChI=1S/C11H18N2O2/c1-4-5-15-7-11-12-6-10(9(3)14)8(2)13-11/h6,9,14H,4-5,7H2,1-3H3. The topological polar surface area (TPSA) is 55.2 Å². The van der Waals surface area contributed by atoms with E-state index >= 15 is 0 Å². The highest BCUT2D eigenvalue weighted by molar-refractivity contribution is 5.18. The Hall–Kier alpha value is -1.00. The van der Waals surface area contributed by atoms with Crippen molar-refractivity contribution in [2.24, 2.45) is 0 Å². The Morgan fingerprint density at radius 2 is 2.27 bits per heavy atom. The summed E-state index contributed by atoms with van der Waals surface area (Å²) in [5, 5.41) is 9.40. The Morgan fingerprint density at radius 1 is 1.53 bits per heavy atom. The maximum absolute atomic E-state index is 9.40. The summed E-state index contributed by atoms with van der Waals surface area (Å²) < 4.78 is 5.34. The second-order valence-corrected chi connectivity index (χ2v) is 3.56. The summed E-state index contributed by atoms with van der Waals surface area (Å²) in [5.74, 6) is 0.672. The molecule has 0 bridgehead atoms. The van der Waals surface area contributed by atoms with E-state index in [1.165, 1.54) is 0 Å². The van der Waals surface area contributed by atoms with E-state index in [0.29, 0.717) is 12.4 Å². The molecule has 0 radical (unpaired) electrons. The van der Waals surface area contributed by atoms with E-state index < -0.39 is 6.10 Å². The molecule has 0 aliphatic carbocycles. The summed E-state index contributed by atoms with van der Waals surface area (Å²) in [6, 6.07) is 0. The highest BCUT2D eigenvalue weighted by Crippen LogP contribution is 2.13. The number of rotatable bonds is 5. The third-order valence-electron chi connectivity index (χ3n) is 2.10. The predicted molar refractivity (Wildman–Crippen MR) is 57.3 cm³/mol. The summed E-state index contributed by atoms with van der Waals surface area (Å²) >= 11 is 0. The van der Waals surface area contributed by atoms with E-state index in [-0.39, 0.29) is 0 Å². The average molecular weight is 210 g/mol. The lowest BCUT2D eigenvalue weighted by Gasteiger charge is -2.08. The van der Waals surface area contributed by atoms with Gasteiger partial charge in [-0.3, -0.25) is 0 Å². The van der Waals surface area contributed by atoms with Gasteiger partial charge in [0.1, 0.15) is 6.61 Å². The molecule has 0 spiro atoms. The maximum atomic E-state index is 9.40. The Morgan fingerprint density at radius 3 is 2.80 bits per heavy atom. The molecule has 1 heterocycles. The van der Waals surface area contributed by atoms with Crippen LogP contribution < -0.4 is 0 Å². The first-order valence-electron chi connectivity index (χ1n) is 5.23. The molecule has 1 aromatic rings. The van der Waals surface area contributed by atoms with Gasteiger partial charge >= 0.3 is 0 Å². The molecule has 4 heteroatoms. The molecule has 1 aromatic heterocycles. The first-order chi connectivity index (χ1) is 7.15. The molecule has 0 aromatic carbocycles. The van der Waals surface area contributed by atoms with Gasteiger partial charge in [-0.1, -0.05) is 6.92 Å².